The second-order valence-corrected chi connectivity index (χ2v) is 8.63. The van der Waals surface area contributed by atoms with Crippen molar-refractivity contribution < 1.29 is 5.11 Å². The molecule has 1 heterocycles. The van der Waals surface area contributed by atoms with Gasteiger partial charge in [0.15, 0.2) is 0 Å². The van der Waals surface area contributed by atoms with Gasteiger partial charge in [0.25, 0.3) is 0 Å². The maximum atomic E-state index is 9.96. The monoisotopic (exact) mass is 438 g/mol. The van der Waals surface area contributed by atoms with E-state index in [9.17, 15) is 10.4 Å². The van der Waals surface area contributed by atoms with E-state index in [1.165, 1.54) is 0 Å². The van der Waals surface area contributed by atoms with Crippen LogP contribution in [0.3, 0.4) is 0 Å². The fourth-order valence-corrected chi connectivity index (χ4v) is 4.01. The van der Waals surface area contributed by atoms with Gasteiger partial charge >= 0.3 is 0 Å². The summed E-state index contributed by atoms with van der Waals surface area (Å²) in [6.07, 6.45) is 8.94. The summed E-state index contributed by atoms with van der Waals surface area (Å²) in [4.78, 5) is 8.83. The highest BCUT2D eigenvalue weighted by molar-refractivity contribution is 9.10. The molecule has 0 aliphatic heterocycles. The molecule has 1 aliphatic carbocycles. The summed E-state index contributed by atoms with van der Waals surface area (Å²) in [5, 5.41) is 22.6. The zero-order valence-electron chi connectivity index (χ0n) is 16.0. The van der Waals surface area contributed by atoms with Crippen molar-refractivity contribution in [2.24, 2.45) is 11.3 Å². The number of nitrogens with one attached hydrogen (secondary N) is 1. The van der Waals surface area contributed by atoms with E-state index in [-0.39, 0.29) is 11.5 Å². The van der Waals surface area contributed by atoms with Crippen LogP contribution in [0, 0.1) is 35.0 Å². The Morgan fingerprint density at radius 2 is 2.18 bits per heavy atom. The third kappa shape index (κ3) is 4.19. The molecule has 1 fully saturated rings. The van der Waals surface area contributed by atoms with E-state index in [4.69, 9.17) is 6.42 Å². The number of aromatic nitrogens is 2. The molecule has 0 bridgehead atoms. The highest BCUT2D eigenvalue weighted by Gasteiger charge is 2.47. The first-order valence-electron chi connectivity index (χ1n) is 9.28. The SMILES string of the molecule is C#Cc1ccc(CCNc2ncc(C#N)c(C[C@@H]3C[C@H](O)C3(C)C)n2)cc1Br. The summed E-state index contributed by atoms with van der Waals surface area (Å²) in [7, 11) is 0. The molecule has 0 saturated heterocycles. The predicted molar refractivity (Wildman–Crippen MR) is 113 cm³/mol. The number of terminal acetylenes is 1. The van der Waals surface area contributed by atoms with Crippen molar-refractivity contribution in [2.45, 2.75) is 39.2 Å². The number of benzene rings is 1. The number of nitriles is 1. The molecule has 0 spiro atoms. The van der Waals surface area contributed by atoms with Crippen molar-refractivity contribution in [3.8, 4) is 18.4 Å². The highest BCUT2D eigenvalue weighted by atomic mass is 79.9. The highest BCUT2D eigenvalue weighted by Crippen LogP contribution is 2.47. The Balaban J connectivity index is 1.64. The number of nitrogens with zero attached hydrogens (tertiary/aromatic N) is 3. The molecular weight excluding hydrogens is 416 g/mol. The maximum absolute atomic E-state index is 9.96. The number of aliphatic hydroxyl groups is 1. The average Bonchev–Trinajstić information content (AvgIpc) is 2.68. The van der Waals surface area contributed by atoms with Crippen LogP contribution in [0.1, 0.15) is 42.7 Å². The Morgan fingerprint density at radius 1 is 1.39 bits per heavy atom. The lowest BCUT2D eigenvalue weighted by atomic mass is 9.58. The Bertz CT molecular complexity index is 958. The van der Waals surface area contributed by atoms with Crippen molar-refractivity contribution >= 4 is 21.9 Å². The minimum absolute atomic E-state index is 0.150. The van der Waals surface area contributed by atoms with Crippen molar-refractivity contribution in [1.82, 2.24) is 9.97 Å². The molecule has 3 rings (SSSR count). The number of anilines is 1. The molecule has 6 heteroatoms. The van der Waals surface area contributed by atoms with Crippen LogP contribution in [0.5, 0.6) is 0 Å². The lowest BCUT2D eigenvalue weighted by molar-refractivity contribution is -0.0978. The molecule has 2 N–H and O–H groups in total. The third-order valence-electron chi connectivity index (χ3n) is 5.73. The minimum atomic E-state index is -0.289. The van der Waals surface area contributed by atoms with Crippen molar-refractivity contribution in [3.63, 3.8) is 0 Å². The van der Waals surface area contributed by atoms with Crippen molar-refractivity contribution in [1.29, 1.82) is 5.26 Å². The van der Waals surface area contributed by atoms with Gasteiger partial charge in [-0.1, -0.05) is 25.8 Å². The molecule has 0 amide bonds. The van der Waals surface area contributed by atoms with Gasteiger partial charge in [0, 0.05) is 16.6 Å². The smallest absolute Gasteiger partial charge is 0.222 e. The van der Waals surface area contributed by atoms with Gasteiger partial charge in [-0.3, -0.25) is 0 Å². The number of hydrogen-bond acceptors (Lipinski definition) is 5. The Morgan fingerprint density at radius 3 is 2.79 bits per heavy atom. The van der Waals surface area contributed by atoms with Gasteiger partial charge in [0.05, 0.1) is 23.6 Å². The predicted octanol–water partition coefficient (Wildman–Crippen LogP) is 3.70. The normalized spacial score (nSPS) is 19.9. The van der Waals surface area contributed by atoms with Crippen LogP contribution < -0.4 is 5.32 Å². The Kier molecular flexibility index (Phi) is 6.03. The van der Waals surface area contributed by atoms with Gasteiger partial charge in [0.2, 0.25) is 5.95 Å². The van der Waals surface area contributed by atoms with Crippen LogP contribution in [0.15, 0.2) is 28.9 Å². The summed E-state index contributed by atoms with van der Waals surface area (Å²) in [5.41, 5.74) is 3.07. The van der Waals surface area contributed by atoms with Crippen LogP contribution in [0.25, 0.3) is 0 Å². The van der Waals surface area contributed by atoms with Crippen molar-refractivity contribution in [2.75, 3.05) is 11.9 Å². The van der Waals surface area contributed by atoms with Crippen molar-refractivity contribution in [3.05, 3.63) is 51.3 Å². The first-order valence-corrected chi connectivity index (χ1v) is 10.1. The Labute approximate surface area is 174 Å². The zero-order valence-corrected chi connectivity index (χ0v) is 17.6. The molecule has 0 unspecified atom stereocenters. The van der Waals surface area contributed by atoms with E-state index in [0.29, 0.717) is 30.4 Å². The first-order chi connectivity index (χ1) is 13.3. The van der Waals surface area contributed by atoms with E-state index >= 15 is 0 Å². The quantitative estimate of drug-likeness (QED) is 0.671. The topological polar surface area (TPSA) is 81.8 Å². The third-order valence-corrected chi connectivity index (χ3v) is 6.39. The molecule has 0 radical (unpaired) electrons. The van der Waals surface area contributed by atoms with Crippen LogP contribution in [-0.2, 0) is 12.8 Å². The number of halogens is 1. The molecule has 1 aliphatic rings. The molecule has 2 aromatic rings. The van der Waals surface area contributed by atoms with E-state index in [2.05, 4.69) is 57.1 Å². The summed E-state index contributed by atoms with van der Waals surface area (Å²) < 4.78 is 0.912. The maximum Gasteiger partial charge on any atom is 0.222 e. The van der Waals surface area contributed by atoms with E-state index in [1.807, 2.05) is 18.2 Å². The van der Waals surface area contributed by atoms with E-state index < -0.39 is 0 Å². The molecule has 1 aromatic carbocycles. The van der Waals surface area contributed by atoms with Crippen LogP contribution in [0.4, 0.5) is 5.95 Å². The summed E-state index contributed by atoms with van der Waals surface area (Å²) in [6, 6.07) is 8.13. The molecular formula is C22H23BrN4O. The van der Waals surface area contributed by atoms with E-state index in [0.717, 1.165) is 34.1 Å². The molecule has 28 heavy (non-hydrogen) atoms. The second-order valence-electron chi connectivity index (χ2n) is 7.78. The molecule has 144 valence electrons. The fourth-order valence-electron chi connectivity index (χ4n) is 3.47. The minimum Gasteiger partial charge on any atom is -0.393 e. The molecule has 5 nitrogen and oxygen atoms in total. The summed E-state index contributed by atoms with van der Waals surface area (Å²) >= 11 is 3.48. The second kappa shape index (κ2) is 8.31. The Hall–Kier alpha value is -2.41. The lowest BCUT2D eigenvalue weighted by Crippen LogP contribution is -2.50. The molecule has 2 atom stereocenters. The number of hydrogen-bond donors (Lipinski definition) is 2. The molecule has 1 aromatic heterocycles. The number of rotatable bonds is 6. The van der Waals surface area contributed by atoms with Gasteiger partial charge in [-0.15, -0.1) is 6.42 Å². The van der Waals surface area contributed by atoms with E-state index in [1.54, 1.807) is 6.20 Å². The van der Waals surface area contributed by atoms with Gasteiger partial charge in [-0.2, -0.15) is 5.26 Å². The number of aliphatic hydroxyl groups excluding tert-OH is 1. The lowest BCUT2D eigenvalue weighted by Gasteiger charge is -2.49. The average molecular weight is 439 g/mol. The van der Waals surface area contributed by atoms with Gasteiger partial charge in [0.1, 0.15) is 6.07 Å². The standard InChI is InChI=1S/C22H23BrN4O/c1-4-15-6-5-14(9-18(15)23)7-8-25-21-26-13-16(12-24)19(27-21)10-17-11-20(28)22(17,2)3/h1,5-6,9,13,17,20,28H,7-8,10-11H2,2-3H3,(H,25,26,27)/t17-,20+/m1/s1. The zero-order chi connectivity index (χ0) is 20.3. The van der Waals surface area contributed by atoms with Gasteiger partial charge in [-0.05, 0) is 64.2 Å². The van der Waals surface area contributed by atoms with Crippen LogP contribution in [0.2, 0.25) is 0 Å². The first kappa shape index (κ1) is 20.3. The molecule has 1 saturated carbocycles. The van der Waals surface area contributed by atoms with Gasteiger partial charge in [-0.25, -0.2) is 9.97 Å². The summed E-state index contributed by atoms with van der Waals surface area (Å²) in [5.74, 6) is 3.46. The van der Waals surface area contributed by atoms with Crippen LogP contribution >= 0.6 is 15.9 Å². The van der Waals surface area contributed by atoms with Crippen LogP contribution in [-0.4, -0.2) is 27.7 Å². The summed E-state index contributed by atoms with van der Waals surface area (Å²) in [6.45, 7) is 4.78. The fraction of sp³-hybridized carbons (Fsp3) is 0.409. The van der Waals surface area contributed by atoms with Gasteiger partial charge < -0.3 is 10.4 Å². The largest absolute Gasteiger partial charge is 0.393 e.